The van der Waals surface area contributed by atoms with Gasteiger partial charge in [-0.05, 0) is 57.8 Å². The summed E-state index contributed by atoms with van der Waals surface area (Å²) in [5.74, 6) is -0.977. The summed E-state index contributed by atoms with van der Waals surface area (Å²) in [6.07, 6.45) is 22.6. The van der Waals surface area contributed by atoms with E-state index in [1.165, 1.54) is 38.5 Å². The largest absolute Gasteiger partial charge is 0.462 e. The summed E-state index contributed by atoms with van der Waals surface area (Å²) in [6.45, 7) is 2.37. The quantitative estimate of drug-likeness (QED) is 0.0175. The van der Waals surface area contributed by atoms with E-state index in [2.05, 4.69) is 38.2 Å². The second kappa shape index (κ2) is 36.3. The van der Waals surface area contributed by atoms with Crippen molar-refractivity contribution in [2.24, 2.45) is 0 Å². The number of aliphatic hydroxyl groups excluding tert-OH is 7. The van der Waals surface area contributed by atoms with Gasteiger partial charge < -0.3 is 64.2 Å². The Kier molecular flexibility index (Phi) is 32.5. The Balaban J connectivity index is 1.86. The summed E-state index contributed by atoms with van der Waals surface area (Å²) in [7, 11) is 0. The van der Waals surface area contributed by atoms with Crippen LogP contribution in [-0.4, -0.2) is 142 Å². The zero-order valence-electron chi connectivity index (χ0n) is 38.5. The fraction of sp³-hybridized carbons (Fsp3) is 0.755. The molecule has 2 aliphatic rings. The third-order valence-electron chi connectivity index (χ3n) is 11.1. The fourth-order valence-electron chi connectivity index (χ4n) is 7.10. The number of ether oxygens (including phenoxy) is 6. The molecule has 2 aliphatic heterocycles. The molecule has 0 saturated carbocycles. The number of allylic oxidation sites excluding steroid dienone is 10. The first-order chi connectivity index (χ1) is 31.0. The lowest BCUT2D eigenvalue weighted by Gasteiger charge is -2.42. The van der Waals surface area contributed by atoms with E-state index >= 15 is 0 Å². The topological polar surface area (TPSA) is 231 Å². The molecule has 0 bridgehead atoms. The van der Waals surface area contributed by atoms with Crippen molar-refractivity contribution in [2.45, 2.75) is 210 Å². The highest BCUT2D eigenvalue weighted by atomic mass is 16.7. The Morgan fingerprint density at radius 1 is 0.516 bits per heavy atom. The second-order valence-electron chi connectivity index (χ2n) is 16.6. The van der Waals surface area contributed by atoms with Crippen LogP contribution in [0.5, 0.6) is 0 Å². The summed E-state index contributed by atoms with van der Waals surface area (Å²) < 4.78 is 33.4. The van der Waals surface area contributed by atoms with Crippen LogP contribution >= 0.6 is 0 Å². The van der Waals surface area contributed by atoms with Crippen molar-refractivity contribution in [3.05, 3.63) is 60.8 Å². The van der Waals surface area contributed by atoms with E-state index in [-0.39, 0.29) is 19.4 Å². The minimum Gasteiger partial charge on any atom is -0.462 e. The average Bonchev–Trinajstić information content (AvgIpc) is 3.29. The number of hydrogen-bond acceptors (Lipinski definition) is 15. The van der Waals surface area contributed by atoms with Crippen LogP contribution in [0.2, 0.25) is 0 Å². The molecule has 0 aromatic heterocycles. The fourth-order valence-corrected chi connectivity index (χ4v) is 7.10. The van der Waals surface area contributed by atoms with Gasteiger partial charge in [0, 0.05) is 12.8 Å². The summed E-state index contributed by atoms with van der Waals surface area (Å²) >= 11 is 0. The number of carbonyl (C=O) groups excluding carboxylic acids is 2. The first-order valence-corrected chi connectivity index (χ1v) is 23.9. The molecule has 0 aromatic carbocycles. The first-order valence-electron chi connectivity index (χ1n) is 23.9. The Bertz CT molecular complexity index is 1350. The molecule has 0 aliphatic carbocycles. The van der Waals surface area contributed by atoms with Crippen LogP contribution in [0.4, 0.5) is 0 Å². The Morgan fingerprint density at radius 3 is 1.61 bits per heavy atom. The predicted molar refractivity (Wildman–Crippen MR) is 243 cm³/mol. The van der Waals surface area contributed by atoms with E-state index in [9.17, 15) is 45.3 Å². The zero-order valence-corrected chi connectivity index (χ0v) is 38.5. The molecule has 15 nitrogen and oxygen atoms in total. The summed E-state index contributed by atoms with van der Waals surface area (Å²) in [5.41, 5.74) is 0. The molecular weight excluding hydrogens is 829 g/mol. The Labute approximate surface area is 381 Å². The van der Waals surface area contributed by atoms with Crippen molar-refractivity contribution < 1.29 is 73.8 Å². The number of aliphatic hydroxyl groups is 7. The molecule has 2 fully saturated rings. The van der Waals surface area contributed by atoms with Gasteiger partial charge in [-0.1, -0.05) is 132 Å². The van der Waals surface area contributed by atoms with E-state index in [0.717, 1.165) is 64.2 Å². The average molecular weight is 911 g/mol. The van der Waals surface area contributed by atoms with Gasteiger partial charge in [-0.3, -0.25) is 9.59 Å². The highest BCUT2D eigenvalue weighted by Crippen LogP contribution is 2.26. The molecule has 2 saturated heterocycles. The SMILES string of the molecule is CC/C=C/C=C/C=C/C=C/CCCCCCCC(=O)O[C@H](COC(=O)CCCCC/C=C/CCCCCCCC)CO[C@@H]1O[C@H](CO[C@@H]2O[C@H](CO)[C@H](O)C(O)C2O)[C@H](O)C(O)C1O. The van der Waals surface area contributed by atoms with E-state index in [4.69, 9.17) is 28.4 Å². The maximum absolute atomic E-state index is 13.0. The minimum atomic E-state index is -1.77. The molecule has 0 aromatic rings. The van der Waals surface area contributed by atoms with Gasteiger partial charge in [-0.25, -0.2) is 0 Å². The maximum atomic E-state index is 13.0. The minimum absolute atomic E-state index is 0.133. The number of unbranched alkanes of at least 4 members (excludes halogenated alkanes) is 14. The van der Waals surface area contributed by atoms with Crippen LogP contribution in [0, 0.1) is 0 Å². The first kappa shape index (κ1) is 57.3. The van der Waals surface area contributed by atoms with Crippen molar-refractivity contribution in [1.29, 1.82) is 0 Å². The van der Waals surface area contributed by atoms with E-state index < -0.39 is 99.3 Å². The molecule has 2 heterocycles. The van der Waals surface area contributed by atoms with Crippen LogP contribution < -0.4 is 0 Å². The van der Waals surface area contributed by atoms with Crippen LogP contribution in [-0.2, 0) is 38.0 Å². The van der Waals surface area contributed by atoms with Crippen LogP contribution in [0.3, 0.4) is 0 Å². The highest BCUT2D eigenvalue weighted by Gasteiger charge is 2.47. The van der Waals surface area contributed by atoms with Crippen LogP contribution in [0.15, 0.2) is 60.8 Å². The van der Waals surface area contributed by atoms with Gasteiger partial charge in [0.25, 0.3) is 0 Å². The lowest BCUT2D eigenvalue weighted by molar-refractivity contribution is -0.332. The van der Waals surface area contributed by atoms with Gasteiger partial charge in [0.15, 0.2) is 18.7 Å². The summed E-state index contributed by atoms with van der Waals surface area (Å²) in [5, 5.41) is 71.9. The molecule has 11 atom stereocenters. The van der Waals surface area contributed by atoms with Crippen molar-refractivity contribution in [1.82, 2.24) is 0 Å². The third-order valence-corrected chi connectivity index (χ3v) is 11.1. The molecule has 64 heavy (non-hydrogen) atoms. The molecular formula is C49H82O15. The van der Waals surface area contributed by atoms with Gasteiger partial charge >= 0.3 is 11.9 Å². The van der Waals surface area contributed by atoms with Gasteiger partial charge in [0.05, 0.1) is 19.8 Å². The molecule has 2 rings (SSSR count). The van der Waals surface area contributed by atoms with Gasteiger partial charge in [-0.15, -0.1) is 0 Å². The molecule has 4 unspecified atom stereocenters. The lowest BCUT2D eigenvalue weighted by Crippen LogP contribution is -2.61. The number of carbonyl (C=O) groups is 2. The van der Waals surface area contributed by atoms with Gasteiger partial charge in [0.1, 0.15) is 55.4 Å². The highest BCUT2D eigenvalue weighted by molar-refractivity contribution is 5.70. The van der Waals surface area contributed by atoms with E-state index in [1.54, 1.807) is 0 Å². The summed E-state index contributed by atoms with van der Waals surface area (Å²) in [6, 6.07) is 0. The van der Waals surface area contributed by atoms with Crippen LogP contribution in [0.1, 0.15) is 142 Å². The van der Waals surface area contributed by atoms with Crippen molar-refractivity contribution in [3.8, 4) is 0 Å². The normalized spacial score (nSPS) is 27.1. The molecule has 15 heteroatoms. The number of esters is 2. The summed E-state index contributed by atoms with van der Waals surface area (Å²) in [4.78, 5) is 25.7. The van der Waals surface area contributed by atoms with Crippen molar-refractivity contribution >= 4 is 11.9 Å². The van der Waals surface area contributed by atoms with Crippen LogP contribution in [0.25, 0.3) is 0 Å². The molecule has 7 N–H and O–H groups in total. The number of rotatable bonds is 35. The standard InChI is InChI=1S/C49H82O15/c1-3-5-7-9-11-13-15-17-18-20-22-24-26-28-30-32-41(52)62-37(34-59-40(51)31-29-27-25-23-21-19-16-14-12-10-8-6-4-2)35-60-48-47(58)45(56)43(54)39(64-48)36-61-49-46(57)44(55)42(53)38(33-50)63-49/h5,7,9,11,13,15,17-19,21,37-39,42-50,53-58H,3-4,6,8,10,12,14,16,20,22-36H2,1-2H3/b7-5+,11-9+,15-13+,18-17+,21-19+/t37-,38-,39-,42+,43+,44?,45?,46?,47?,48-,49-/m1/s1. The monoisotopic (exact) mass is 911 g/mol. The molecule has 0 amide bonds. The molecule has 368 valence electrons. The molecule has 0 spiro atoms. The smallest absolute Gasteiger partial charge is 0.306 e. The second-order valence-corrected chi connectivity index (χ2v) is 16.6. The zero-order chi connectivity index (χ0) is 46.8. The number of hydrogen-bond donors (Lipinski definition) is 7. The van der Waals surface area contributed by atoms with E-state index in [1.807, 2.05) is 36.5 Å². The van der Waals surface area contributed by atoms with E-state index in [0.29, 0.717) is 12.8 Å². The van der Waals surface area contributed by atoms with Gasteiger partial charge in [0.2, 0.25) is 0 Å². The predicted octanol–water partition coefficient (Wildman–Crippen LogP) is 5.70. The van der Waals surface area contributed by atoms with Gasteiger partial charge in [-0.2, -0.15) is 0 Å². The van der Waals surface area contributed by atoms with Crippen molar-refractivity contribution in [3.63, 3.8) is 0 Å². The third kappa shape index (κ3) is 24.6. The van der Waals surface area contributed by atoms with Crippen molar-refractivity contribution in [2.75, 3.05) is 26.4 Å². The Hall–Kier alpha value is -2.80. The molecule has 0 radical (unpaired) electrons. The Morgan fingerprint density at radius 2 is 1.00 bits per heavy atom. The lowest BCUT2D eigenvalue weighted by atomic mass is 9.98. The maximum Gasteiger partial charge on any atom is 0.306 e.